The molecule has 1 aliphatic carbocycles. The average Bonchev–Trinajstić information content (AvgIpc) is 3.03. The molecule has 0 saturated heterocycles. The largest absolute Gasteiger partial charge is 0.369 e. The Kier molecular flexibility index (Phi) is 2.89. The fourth-order valence-corrected chi connectivity index (χ4v) is 2.65. The van der Waals surface area contributed by atoms with E-state index in [1.807, 2.05) is 6.92 Å². The summed E-state index contributed by atoms with van der Waals surface area (Å²) in [6.45, 7) is 7.47. The summed E-state index contributed by atoms with van der Waals surface area (Å²) in [5.74, 6) is 2.12. The highest BCUT2D eigenvalue weighted by Crippen LogP contribution is 2.51. The minimum atomic E-state index is 0.426. The van der Waals surface area contributed by atoms with E-state index >= 15 is 0 Å². The van der Waals surface area contributed by atoms with Crippen molar-refractivity contribution in [3.8, 4) is 0 Å². The Morgan fingerprint density at radius 2 is 2.21 bits per heavy atom. The monoisotopic (exact) mass is 279 g/mol. The topological polar surface area (TPSA) is 55.1 Å². The molecule has 6 heteroatoms. The van der Waals surface area contributed by atoms with E-state index in [0.717, 1.165) is 17.9 Å². The van der Waals surface area contributed by atoms with Crippen LogP contribution in [0.1, 0.15) is 32.3 Å². The molecule has 0 radical (unpaired) electrons. The van der Waals surface area contributed by atoms with Gasteiger partial charge >= 0.3 is 0 Å². The Labute approximate surface area is 117 Å². The Hall–Kier alpha value is -1.36. The zero-order valence-electron chi connectivity index (χ0n) is 11.4. The number of hydrogen-bond acceptors (Lipinski definition) is 4. The number of halogens is 1. The summed E-state index contributed by atoms with van der Waals surface area (Å²) in [4.78, 5) is 8.30. The predicted octanol–water partition coefficient (Wildman–Crippen LogP) is 2.93. The molecule has 1 fully saturated rings. The number of nitrogens with one attached hydrogen (secondary N) is 1. The van der Waals surface area contributed by atoms with Crippen LogP contribution in [0.5, 0.6) is 0 Å². The van der Waals surface area contributed by atoms with E-state index in [2.05, 4.69) is 34.2 Å². The molecule has 2 heterocycles. The summed E-state index contributed by atoms with van der Waals surface area (Å²) < 4.78 is 1.72. The number of aromatic nitrogens is 4. The van der Waals surface area contributed by atoms with Crippen molar-refractivity contribution in [3.63, 3.8) is 0 Å². The third-order valence-corrected chi connectivity index (χ3v) is 4.70. The first kappa shape index (κ1) is 12.7. The molecule has 0 aromatic carbocycles. The molecule has 1 saturated carbocycles. The van der Waals surface area contributed by atoms with Crippen LogP contribution in [-0.2, 0) is 0 Å². The van der Waals surface area contributed by atoms with Gasteiger partial charge < -0.3 is 5.32 Å². The number of fused-ring (bicyclic) bond motifs is 1. The van der Waals surface area contributed by atoms with Gasteiger partial charge in [-0.3, -0.25) is 0 Å². The van der Waals surface area contributed by atoms with Crippen LogP contribution < -0.4 is 5.32 Å². The molecule has 1 N–H and O–H groups in total. The van der Waals surface area contributed by atoms with Crippen molar-refractivity contribution >= 4 is 23.2 Å². The second-order valence-corrected chi connectivity index (χ2v) is 6.08. The lowest BCUT2D eigenvalue weighted by atomic mass is 9.92. The quantitative estimate of drug-likeness (QED) is 0.875. The van der Waals surface area contributed by atoms with Gasteiger partial charge in [-0.05, 0) is 31.1 Å². The number of anilines is 1. The van der Waals surface area contributed by atoms with E-state index in [1.165, 1.54) is 19.2 Å². The fraction of sp³-hybridized carbons (Fsp3) is 0.615. The average molecular weight is 280 g/mol. The van der Waals surface area contributed by atoms with Crippen LogP contribution in [0, 0.1) is 18.3 Å². The summed E-state index contributed by atoms with van der Waals surface area (Å²) in [6.07, 6.45) is 4.07. The SMILES string of the molecule is Cc1c(Cl)nc2ncnn2c1NCC1(C(C)C)CC1. The first-order chi connectivity index (χ1) is 9.03. The Morgan fingerprint density at radius 3 is 2.84 bits per heavy atom. The van der Waals surface area contributed by atoms with Crippen molar-refractivity contribution in [1.82, 2.24) is 19.6 Å². The van der Waals surface area contributed by atoms with Crippen LogP contribution >= 0.6 is 11.6 Å². The Bertz CT molecular complexity index is 615. The molecule has 0 unspecified atom stereocenters. The van der Waals surface area contributed by atoms with E-state index in [-0.39, 0.29) is 0 Å². The minimum Gasteiger partial charge on any atom is -0.369 e. The molecule has 3 rings (SSSR count). The van der Waals surface area contributed by atoms with E-state index in [0.29, 0.717) is 22.3 Å². The molecular weight excluding hydrogens is 262 g/mol. The van der Waals surface area contributed by atoms with Crippen molar-refractivity contribution < 1.29 is 0 Å². The second kappa shape index (κ2) is 4.34. The smallest absolute Gasteiger partial charge is 0.255 e. The van der Waals surface area contributed by atoms with Crippen LogP contribution in [-0.4, -0.2) is 26.1 Å². The van der Waals surface area contributed by atoms with Crippen molar-refractivity contribution in [3.05, 3.63) is 17.0 Å². The molecule has 19 heavy (non-hydrogen) atoms. The highest BCUT2D eigenvalue weighted by atomic mass is 35.5. The summed E-state index contributed by atoms with van der Waals surface area (Å²) in [5, 5.41) is 8.20. The van der Waals surface area contributed by atoms with Crippen LogP contribution in [0.25, 0.3) is 5.78 Å². The van der Waals surface area contributed by atoms with E-state index < -0.39 is 0 Å². The molecule has 0 amide bonds. The third kappa shape index (κ3) is 2.06. The predicted molar refractivity (Wildman–Crippen MR) is 75.5 cm³/mol. The molecular formula is C13H18ClN5. The number of nitrogens with zero attached hydrogens (tertiary/aromatic N) is 4. The lowest BCUT2D eigenvalue weighted by Crippen LogP contribution is -2.22. The zero-order valence-corrected chi connectivity index (χ0v) is 12.2. The van der Waals surface area contributed by atoms with E-state index in [9.17, 15) is 0 Å². The highest BCUT2D eigenvalue weighted by Gasteiger charge is 2.45. The van der Waals surface area contributed by atoms with Crippen molar-refractivity contribution in [1.29, 1.82) is 0 Å². The normalized spacial score (nSPS) is 17.1. The second-order valence-electron chi connectivity index (χ2n) is 5.72. The molecule has 2 aromatic rings. The van der Waals surface area contributed by atoms with Gasteiger partial charge in [0.25, 0.3) is 5.78 Å². The molecule has 0 spiro atoms. The van der Waals surface area contributed by atoms with Gasteiger partial charge in [-0.25, -0.2) is 0 Å². The van der Waals surface area contributed by atoms with Gasteiger partial charge in [0.2, 0.25) is 0 Å². The lowest BCUT2D eigenvalue weighted by molar-refractivity contribution is 0.379. The first-order valence-electron chi connectivity index (χ1n) is 6.63. The third-order valence-electron chi connectivity index (χ3n) is 4.33. The lowest BCUT2D eigenvalue weighted by Gasteiger charge is -2.21. The van der Waals surface area contributed by atoms with Crippen LogP contribution in [0.3, 0.4) is 0 Å². The summed E-state index contributed by atoms with van der Waals surface area (Å²) >= 11 is 6.15. The fourth-order valence-electron chi connectivity index (χ4n) is 2.48. The highest BCUT2D eigenvalue weighted by molar-refractivity contribution is 6.30. The molecule has 0 atom stereocenters. The van der Waals surface area contributed by atoms with Gasteiger partial charge in [0.05, 0.1) is 0 Å². The summed E-state index contributed by atoms with van der Waals surface area (Å²) in [7, 11) is 0. The Balaban J connectivity index is 1.92. The van der Waals surface area contributed by atoms with Crippen molar-refractivity contribution in [2.24, 2.45) is 11.3 Å². The first-order valence-corrected chi connectivity index (χ1v) is 7.01. The van der Waals surface area contributed by atoms with E-state index in [1.54, 1.807) is 4.52 Å². The number of rotatable bonds is 4. The molecule has 102 valence electrons. The summed E-state index contributed by atoms with van der Waals surface area (Å²) in [6, 6.07) is 0. The molecule has 0 aliphatic heterocycles. The maximum Gasteiger partial charge on any atom is 0.255 e. The maximum absolute atomic E-state index is 6.15. The molecule has 5 nitrogen and oxygen atoms in total. The molecule has 0 bridgehead atoms. The van der Waals surface area contributed by atoms with Crippen LogP contribution in [0.4, 0.5) is 5.82 Å². The minimum absolute atomic E-state index is 0.426. The van der Waals surface area contributed by atoms with Crippen molar-refractivity contribution in [2.75, 3.05) is 11.9 Å². The van der Waals surface area contributed by atoms with Gasteiger partial charge in [-0.2, -0.15) is 19.6 Å². The van der Waals surface area contributed by atoms with Gasteiger partial charge in [0.15, 0.2) is 0 Å². The van der Waals surface area contributed by atoms with Crippen LogP contribution in [0.15, 0.2) is 6.33 Å². The summed E-state index contributed by atoms with van der Waals surface area (Å²) in [5.41, 5.74) is 1.34. The van der Waals surface area contributed by atoms with Gasteiger partial charge in [0.1, 0.15) is 17.3 Å². The molecule has 1 aliphatic rings. The van der Waals surface area contributed by atoms with Gasteiger partial charge in [0, 0.05) is 12.1 Å². The van der Waals surface area contributed by atoms with Gasteiger partial charge in [-0.15, -0.1) is 0 Å². The zero-order chi connectivity index (χ0) is 13.6. The maximum atomic E-state index is 6.15. The van der Waals surface area contributed by atoms with E-state index in [4.69, 9.17) is 11.6 Å². The molecule has 2 aromatic heterocycles. The van der Waals surface area contributed by atoms with Gasteiger partial charge in [-0.1, -0.05) is 25.4 Å². The standard InChI is InChI=1S/C13H18ClN5/c1-8(2)13(4-5-13)6-15-11-9(3)10(14)18-12-16-7-17-19(11)12/h7-8,15H,4-6H2,1-3H3. The Morgan fingerprint density at radius 1 is 1.47 bits per heavy atom. The van der Waals surface area contributed by atoms with Crippen molar-refractivity contribution in [2.45, 2.75) is 33.6 Å². The van der Waals surface area contributed by atoms with Crippen LogP contribution in [0.2, 0.25) is 5.15 Å². The number of hydrogen-bond donors (Lipinski definition) is 1.